The standard InChI is InChI=1S/C8H8N2O/c9-4-6-2-1-3-8-7(6)5-11-10-8/h1-3,5H,4,9H2. The molecule has 2 N–H and O–H groups in total. The molecule has 3 nitrogen and oxygen atoms in total. The van der Waals surface area contributed by atoms with Crippen LogP contribution >= 0.6 is 0 Å². The molecule has 2 rings (SSSR count). The highest BCUT2D eigenvalue weighted by Crippen LogP contribution is 2.16. The first-order valence-corrected chi connectivity index (χ1v) is 3.44. The number of aromatic nitrogens is 1. The average molecular weight is 148 g/mol. The fourth-order valence-electron chi connectivity index (χ4n) is 1.13. The number of hydrogen-bond donors (Lipinski definition) is 1. The average Bonchev–Trinajstić information content (AvgIpc) is 2.50. The Morgan fingerprint density at radius 3 is 3.18 bits per heavy atom. The van der Waals surface area contributed by atoms with Gasteiger partial charge in [-0.25, -0.2) is 0 Å². The van der Waals surface area contributed by atoms with E-state index in [2.05, 4.69) is 5.16 Å². The first-order valence-electron chi connectivity index (χ1n) is 3.44. The Balaban J connectivity index is 2.79. The smallest absolute Gasteiger partial charge is 0.132 e. The molecule has 0 saturated carbocycles. The summed E-state index contributed by atoms with van der Waals surface area (Å²) in [6.45, 7) is 0.526. The van der Waals surface area contributed by atoms with Crippen LogP contribution in [0, 0.1) is 0 Å². The Morgan fingerprint density at radius 1 is 1.45 bits per heavy atom. The Bertz CT molecular complexity index is 367. The van der Waals surface area contributed by atoms with E-state index in [1.165, 1.54) is 0 Å². The van der Waals surface area contributed by atoms with E-state index in [0.29, 0.717) is 6.54 Å². The molecule has 0 radical (unpaired) electrons. The van der Waals surface area contributed by atoms with Crippen LogP contribution in [0.25, 0.3) is 10.9 Å². The van der Waals surface area contributed by atoms with Gasteiger partial charge in [-0.3, -0.25) is 0 Å². The van der Waals surface area contributed by atoms with E-state index in [1.54, 1.807) is 6.26 Å². The predicted molar refractivity (Wildman–Crippen MR) is 41.9 cm³/mol. The minimum Gasteiger partial charge on any atom is -0.363 e. The molecule has 0 atom stereocenters. The van der Waals surface area contributed by atoms with Crippen molar-refractivity contribution >= 4 is 10.9 Å². The lowest BCUT2D eigenvalue weighted by molar-refractivity contribution is 0.428. The summed E-state index contributed by atoms with van der Waals surface area (Å²) in [4.78, 5) is 0. The van der Waals surface area contributed by atoms with Crippen molar-refractivity contribution in [2.24, 2.45) is 5.73 Å². The van der Waals surface area contributed by atoms with E-state index in [0.717, 1.165) is 16.5 Å². The highest BCUT2D eigenvalue weighted by Gasteiger charge is 2.00. The van der Waals surface area contributed by atoms with E-state index in [-0.39, 0.29) is 0 Å². The zero-order valence-electron chi connectivity index (χ0n) is 5.95. The maximum Gasteiger partial charge on any atom is 0.132 e. The summed E-state index contributed by atoms with van der Waals surface area (Å²) in [5.41, 5.74) is 7.45. The highest BCUT2D eigenvalue weighted by atomic mass is 16.5. The lowest BCUT2D eigenvalue weighted by Crippen LogP contribution is -1.95. The number of benzene rings is 1. The summed E-state index contributed by atoms with van der Waals surface area (Å²) >= 11 is 0. The maximum absolute atomic E-state index is 5.51. The molecule has 1 aromatic carbocycles. The maximum atomic E-state index is 5.51. The molecule has 56 valence electrons. The van der Waals surface area contributed by atoms with E-state index >= 15 is 0 Å². The van der Waals surface area contributed by atoms with Crippen LogP contribution in [-0.4, -0.2) is 5.16 Å². The Kier molecular flexibility index (Phi) is 1.36. The van der Waals surface area contributed by atoms with E-state index < -0.39 is 0 Å². The van der Waals surface area contributed by atoms with Gasteiger partial charge in [0.2, 0.25) is 0 Å². The van der Waals surface area contributed by atoms with Gasteiger partial charge in [-0.15, -0.1) is 0 Å². The molecule has 0 aliphatic rings. The van der Waals surface area contributed by atoms with Gasteiger partial charge in [-0.05, 0) is 11.6 Å². The van der Waals surface area contributed by atoms with Gasteiger partial charge in [-0.2, -0.15) is 0 Å². The Morgan fingerprint density at radius 2 is 2.36 bits per heavy atom. The Labute approximate surface area is 63.8 Å². The molecule has 1 heterocycles. The summed E-state index contributed by atoms with van der Waals surface area (Å²) in [5, 5.41) is 4.81. The number of rotatable bonds is 1. The fraction of sp³-hybridized carbons (Fsp3) is 0.125. The van der Waals surface area contributed by atoms with Gasteiger partial charge in [0.1, 0.15) is 11.8 Å². The van der Waals surface area contributed by atoms with Gasteiger partial charge in [-0.1, -0.05) is 17.3 Å². The van der Waals surface area contributed by atoms with Crippen molar-refractivity contribution in [1.29, 1.82) is 0 Å². The molecule has 2 aromatic rings. The van der Waals surface area contributed by atoms with Crippen LogP contribution in [0.15, 0.2) is 29.0 Å². The van der Waals surface area contributed by atoms with Gasteiger partial charge >= 0.3 is 0 Å². The van der Waals surface area contributed by atoms with E-state index in [9.17, 15) is 0 Å². The second-order valence-electron chi connectivity index (χ2n) is 2.37. The van der Waals surface area contributed by atoms with Gasteiger partial charge in [0.15, 0.2) is 0 Å². The summed E-state index contributed by atoms with van der Waals surface area (Å²) in [6.07, 6.45) is 1.62. The van der Waals surface area contributed by atoms with Gasteiger partial charge in [0, 0.05) is 11.9 Å². The second-order valence-corrected chi connectivity index (χ2v) is 2.37. The number of hydrogen-bond acceptors (Lipinski definition) is 3. The minimum absolute atomic E-state index is 0.526. The quantitative estimate of drug-likeness (QED) is 0.662. The van der Waals surface area contributed by atoms with Crippen molar-refractivity contribution in [1.82, 2.24) is 5.16 Å². The predicted octanol–water partition coefficient (Wildman–Crippen LogP) is 1.29. The summed E-state index contributed by atoms with van der Waals surface area (Å²) in [7, 11) is 0. The molecule has 0 unspecified atom stereocenters. The van der Waals surface area contributed by atoms with Crippen LogP contribution < -0.4 is 5.73 Å². The van der Waals surface area contributed by atoms with Gasteiger partial charge < -0.3 is 10.3 Å². The highest BCUT2D eigenvalue weighted by molar-refractivity contribution is 5.80. The first-order chi connectivity index (χ1) is 5.42. The minimum atomic E-state index is 0.526. The third-order valence-electron chi connectivity index (χ3n) is 1.71. The second kappa shape index (κ2) is 2.36. The third-order valence-corrected chi connectivity index (χ3v) is 1.71. The Hall–Kier alpha value is -1.35. The largest absolute Gasteiger partial charge is 0.363 e. The summed E-state index contributed by atoms with van der Waals surface area (Å²) < 4.78 is 4.80. The summed E-state index contributed by atoms with van der Waals surface area (Å²) in [5.74, 6) is 0. The molecular formula is C8H8N2O. The van der Waals surface area contributed by atoms with Crippen LogP contribution in [-0.2, 0) is 6.54 Å². The lowest BCUT2D eigenvalue weighted by atomic mass is 10.1. The molecule has 11 heavy (non-hydrogen) atoms. The zero-order chi connectivity index (χ0) is 7.68. The number of nitrogens with zero attached hydrogens (tertiary/aromatic N) is 1. The summed E-state index contributed by atoms with van der Waals surface area (Å²) in [6, 6.07) is 5.80. The monoisotopic (exact) mass is 148 g/mol. The molecule has 0 amide bonds. The molecule has 0 aliphatic heterocycles. The van der Waals surface area contributed by atoms with E-state index in [1.807, 2.05) is 18.2 Å². The fourth-order valence-corrected chi connectivity index (χ4v) is 1.13. The van der Waals surface area contributed by atoms with Crippen molar-refractivity contribution in [3.63, 3.8) is 0 Å². The molecule has 0 bridgehead atoms. The third kappa shape index (κ3) is 0.897. The van der Waals surface area contributed by atoms with Crippen LogP contribution in [0.1, 0.15) is 5.56 Å². The van der Waals surface area contributed by atoms with Crippen molar-refractivity contribution < 1.29 is 4.52 Å². The number of nitrogens with two attached hydrogens (primary N) is 1. The molecular weight excluding hydrogens is 140 g/mol. The molecule has 0 fully saturated rings. The molecule has 3 heteroatoms. The van der Waals surface area contributed by atoms with Crippen molar-refractivity contribution in [3.05, 3.63) is 30.0 Å². The van der Waals surface area contributed by atoms with Gasteiger partial charge in [0.05, 0.1) is 0 Å². The van der Waals surface area contributed by atoms with Crippen LogP contribution in [0.2, 0.25) is 0 Å². The van der Waals surface area contributed by atoms with Crippen LogP contribution in [0.3, 0.4) is 0 Å². The van der Waals surface area contributed by atoms with Crippen LogP contribution in [0.5, 0.6) is 0 Å². The van der Waals surface area contributed by atoms with Gasteiger partial charge in [0.25, 0.3) is 0 Å². The lowest BCUT2D eigenvalue weighted by Gasteiger charge is -1.94. The topological polar surface area (TPSA) is 52.0 Å². The zero-order valence-corrected chi connectivity index (χ0v) is 5.95. The van der Waals surface area contributed by atoms with E-state index in [4.69, 9.17) is 10.3 Å². The molecule has 0 aliphatic carbocycles. The molecule has 1 aromatic heterocycles. The van der Waals surface area contributed by atoms with Crippen molar-refractivity contribution in [3.8, 4) is 0 Å². The number of fused-ring (bicyclic) bond motifs is 1. The first kappa shape index (κ1) is 6.37. The molecule has 0 saturated heterocycles. The van der Waals surface area contributed by atoms with Crippen molar-refractivity contribution in [2.75, 3.05) is 0 Å². The SMILES string of the molecule is NCc1cccc2nocc12. The van der Waals surface area contributed by atoms with Crippen molar-refractivity contribution in [2.45, 2.75) is 6.54 Å². The molecule has 0 spiro atoms. The van der Waals surface area contributed by atoms with Crippen LogP contribution in [0.4, 0.5) is 0 Å². The normalized spacial score (nSPS) is 10.6.